The number of nitrogens with zero attached hydrogens (tertiary/aromatic N) is 3. The Labute approximate surface area is 126 Å². The van der Waals surface area contributed by atoms with E-state index in [0.717, 1.165) is 38.0 Å². The molecule has 1 aromatic rings. The lowest BCUT2D eigenvalue weighted by molar-refractivity contribution is 0.156. The molecule has 2 aliphatic heterocycles. The van der Waals surface area contributed by atoms with Gasteiger partial charge in [-0.3, -0.25) is 5.01 Å². The second-order valence-electron chi connectivity index (χ2n) is 5.67. The van der Waals surface area contributed by atoms with Crippen LogP contribution in [-0.4, -0.2) is 35.1 Å². The molecule has 2 aliphatic rings. The number of hydrogen-bond acceptors (Lipinski definition) is 2. The molecule has 21 heavy (non-hydrogen) atoms. The van der Waals surface area contributed by atoms with E-state index in [0.29, 0.717) is 0 Å². The number of hydrogen-bond donors (Lipinski definition) is 0. The lowest BCUT2D eigenvalue weighted by atomic mass is 10.1. The number of urea groups is 1. The first-order valence-electron chi connectivity index (χ1n) is 7.92. The molecule has 1 saturated heterocycles. The molecule has 4 heteroatoms. The van der Waals surface area contributed by atoms with Crippen LogP contribution in [0.5, 0.6) is 0 Å². The van der Waals surface area contributed by atoms with Crippen molar-refractivity contribution < 1.29 is 4.79 Å². The van der Waals surface area contributed by atoms with E-state index in [-0.39, 0.29) is 12.1 Å². The lowest BCUT2D eigenvalue weighted by Gasteiger charge is -2.38. The topological polar surface area (TPSA) is 26.8 Å². The number of rotatable bonds is 2. The van der Waals surface area contributed by atoms with Gasteiger partial charge in [-0.15, -0.1) is 0 Å². The highest BCUT2D eigenvalue weighted by Crippen LogP contribution is 2.28. The van der Waals surface area contributed by atoms with Gasteiger partial charge in [0.25, 0.3) is 0 Å². The van der Waals surface area contributed by atoms with Crippen molar-refractivity contribution in [2.75, 3.05) is 18.1 Å². The molecule has 1 unspecified atom stereocenters. The third kappa shape index (κ3) is 2.75. The van der Waals surface area contributed by atoms with E-state index in [4.69, 9.17) is 0 Å². The van der Waals surface area contributed by atoms with Crippen molar-refractivity contribution in [3.63, 3.8) is 0 Å². The van der Waals surface area contributed by atoms with E-state index in [9.17, 15) is 4.79 Å². The first kappa shape index (κ1) is 14.0. The van der Waals surface area contributed by atoms with E-state index in [1.165, 1.54) is 6.42 Å². The molecule has 2 amide bonds. The van der Waals surface area contributed by atoms with Crippen molar-refractivity contribution >= 4 is 11.7 Å². The van der Waals surface area contributed by atoms with Crippen molar-refractivity contribution in [1.29, 1.82) is 0 Å². The summed E-state index contributed by atoms with van der Waals surface area (Å²) in [6, 6.07) is 10.5. The predicted molar refractivity (Wildman–Crippen MR) is 84.8 cm³/mol. The van der Waals surface area contributed by atoms with Gasteiger partial charge in [0.1, 0.15) is 0 Å². The Balaban J connectivity index is 1.82. The van der Waals surface area contributed by atoms with E-state index in [1.54, 1.807) is 5.01 Å². The smallest absolute Gasteiger partial charge is 0.323 e. The summed E-state index contributed by atoms with van der Waals surface area (Å²) in [4.78, 5) is 14.8. The molecule has 0 aliphatic carbocycles. The maximum atomic E-state index is 12.8. The molecule has 0 bridgehead atoms. The van der Waals surface area contributed by atoms with Crippen LogP contribution in [0.4, 0.5) is 10.5 Å². The third-order valence-corrected chi connectivity index (χ3v) is 4.26. The Bertz CT molecular complexity index is 508. The number of hydrazine groups is 1. The molecule has 1 aromatic carbocycles. The molecule has 0 N–H and O–H groups in total. The molecular formula is C17H23N3O. The maximum absolute atomic E-state index is 12.8. The van der Waals surface area contributed by atoms with Crippen LogP contribution in [0.3, 0.4) is 0 Å². The zero-order valence-corrected chi connectivity index (χ0v) is 12.6. The number of amides is 2. The molecule has 0 aromatic heterocycles. The van der Waals surface area contributed by atoms with Crippen molar-refractivity contribution in [1.82, 2.24) is 9.91 Å². The van der Waals surface area contributed by atoms with Gasteiger partial charge in [-0.05, 0) is 43.9 Å². The molecule has 1 atom stereocenters. The van der Waals surface area contributed by atoms with Crippen LogP contribution in [0.1, 0.15) is 32.6 Å². The quantitative estimate of drug-likeness (QED) is 0.829. The minimum atomic E-state index is 0.103. The van der Waals surface area contributed by atoms with Gasteiger partial charge in [0.2, 0.25) is 0 Å². The highest BCUT2D eigenvalue weighted by molar-refractivity contribution is 5.79. The Morgan fingerprint density at radius 2 is 1.86 bits per heavy atom. The average molecular weight is 285 g/mol. The maximum Gasteiger partial charge on any atom is 0.343 e. The van der Waals surface area contributed by atoms with E-state index in [2.05, 4.69) is 30.1 Å². The van der Waals surface area contributed by atoms with Gasteiger partial charge >= 0.3 is 6.03 Å². The summed E-state index contributed by atoms with van der Waals surface area (Å²) in [6.45, 7) is 3.91. The summed E-state index contributed by atoms with van der Waals surface area (Å²) in [5, 5.41) is 3.89. The number of likely N-dealkylation sites (tertiary alicyclic amines) is 1. The predicted octanol–water partition coefficient (Wildman–Crippen LogP) is 3.62. The van der Waals surface area contributed by atoms with Gasteiger partial charge < -0.3 is 4.90 Å². The second-order valence-corrected chi connectivity index (χ2v) is 5.67. The monoisotopic (exact) mass is 285 g/mol. The SMILES string of the molecule is CCC1C=CN(C(=O)N2CCCCC2)N1c1ccccc1. The summed E-state index contributed by atoms with van der Waals surface area (Å²) in [6.07, 6.45) is 8.50. The summed E-state index contributed by atoms with van der Waals surface area (Å²) >= 11 is 0. The van der Waals surface area contributed by atoms with Crippen molar-refractivity contribution in [3.05, 3.63) is 42.6 Å². The molecule has 0 spiro atoms. The van der Waals surface area contributed by atoms with Crippen LogP contribution >= 0.6 is 0 Å². The van der Waals surface area contributed by atoms with Gasteiger partial charge in [0.05, 0.1) is 11.7 Å². The van der Waals surface area contributed by atoms with Crippen LogP contribution in [0.2, 0.25) is 0 Å². The number of carbonyl (C=O) groups is 1. The highest BCUT2D eigenvalue weighted by Gasteiger charge is 2.32. The zero-order valence-electron chi connectivity index (χ0n) is 12.6. The molecular weight excluding hydrogens is 262 g/mol. The van der Waals surface area contributed by atoms with E-state index >= 15 is 0 Å². The first-order chi connectivity index (χ1) is 10.3. The van der Waals surface area contributed by atoms with Crippen LogP contribution < -0.4 is 5.01 Å². The van der Waals surface area contributed by atoms with Gasteiger partial charge in [-0.1, -0.05) is 25.1 Å². The second kappa shape index (κ2) is 6.20. The van der Waals surface area contributed by atoms with Gasteiger partial charge in [0, 0.05) is 19.3 Å². The molecule has 1 fully saturated rings. The number of piperidine rings is 1. The van der Waals surface area contributed by atoms with E-state index in [1.807, 2.05) is 29.3 Å². The van der Waals surface area contributed by atoms with Gasteiger partial charge in [-0.2, -0.15) is 0 Å². The number of anilines is 1. The summed E-state index contributed by atoms with van der Waals surface area (Å²) in [7, 11) is 0. The average Bonchev–Trinajstić information content (AvgIpc) is 2.99. The number of carbonyl (C=O) groups excluding carboxylic acids is 1. The number of benzene rings is 1. The van der Waals surface area contributed by atoms with Crippen LogP contribution in [0, 0.1) is 0 Å². The normalized spacial score (nSPS) is 22.0. The Hall–Kier alpha value is -1.97. The van der Waals surface area contributed by atoms with Crippen molar-refractivity contribution in [2.24, 2.45) is 0 Å². The standard InChI is InChI=1S/C17H23N3O/c1-2-15-11-14-19(17(21)18-12-7-4-8-13-18)20(15)16-9-5-3-6-10-16/h3,5-6,9-11,14-15H,2,4,7-8,12-13H2,1H3. The summed E-state index contributed by atoms with van der Waals surface area (Å²) in [5.41, 5.74) is 1.07. The van der Waals surface area contributed by atoms with Gasteiger partial charge in [0.15, 0.2) is 0 Å². The minimum Gasteiger partial charge on any atom is -0.323 e. The summed E-state index contributed by atoms with van der Waals surface area (Å²) in [5.74, 6) is 0. The molecule has 0 saturated carbocycles. The zero-order chi connectivity index (χ0) is 14.7. The lowest BCUT2D eigenvalue weighted by Crippen LogP contribution is -2.51. The van der Waals surface area contributed by atoms with Crippen molar-refractivity contribution in [3.8, 4) is 0 Å². The van der Waals surface area contributed by atoms with Gasteiger partial charge in [-0.25, -0.2) is 9.80 Å². The fraction of sp³-hybridized carbons (Fsp3) is 0.471. The van der Waals surface area contributed by atoms with Crippen LogP contribution in [0.15, 0.2) is 42.6 Å². The fourth-order valence-corrected chi connectivity index (χ4v) is 3.09. The highest BCUT2D eigenvalue weighted by atomic mass is 16.2. The van der Waals surface area contributed by atoms with Crippen LogP contribution in [0.25, 0.3) is 0 Å². The first-order valence-corrected chi connectivity index (χ1v) is 7.92. The third-order valence-electron chi connectivity index (χ3n) is 4.26. The van der Waals surface area contributed by atoms with E-state index < -0.39 is 0 Å². The largest absolute Gasteiger partial charge is 0.343 e. The van der Waals surface area contributed by atoms with Crippen molar-refractivity contribution in [2.45, 2.75) is 38.6 Å². The minimum absolute atomic E-state index is 0.103. The Kier molecular flexibility index (Phi) is 4.13. The molecule has 2 heterocycles. The Morgan fingerprint density at radius 3 is 2.52 bits per heavy atom. The molecule has 112 valence electrons. The number of para-hydroxylation sites is 1. The fourth-order valence-electron chi connectivity index (χ4n) is 3.09. The molecule has 3 rings (SSSR count). The molecule has 0 radical (unpaired) electrons. The Morgan fingerprint density at radius 1 is 1.14 bits per heavy atom. The molecule has 4 nitrogen and oxygen atoms in total. The summed E-state index contributed by atoms with van der Waals surface area (Å²) < 4.78 is 0. The van der Waals surface area contributed by atoms with Crippen LogP contribution in [-0.2, 0) is 0 Å².